The van der Waals surface area contributed by atoms with Gasteiger partial charge in [-0.15, -0.1) is 11.8 Å². The van der Waals surface area contributed by atoms with E-state index in [1.807, 2.05) is 18.7 Å². The number of nitrogens with one attached hydrogen (secondary N) is 1. The van der Waals surface area contributed by atoms with E-state index in [9.17, 15) is 14.0 Å². The molecule has 2 N–H and O–H groups in total. The number of aliphatic hydroxyl groups excluding tert-OH is 1. The van der Waals surface area contributed by atoms with Crippen LogP contribution in [0.25, 0.3) is 0 Å². The maximum absolute atomic E-state index is 13.2. The van der Waals surface area contributed by atoms with E-state index in [0.29, 0.717) is 34.6 Å². The lowest BCUT2D eigenvalue weighted by Crippen LogP contribution is -2.45. The molecule has 0 aliphatic heterocycles. The summed E-state index contributed by atoms with van der Waals surface area (Å²) in [5.41, 5.74) is 0.708. The molecule has 7 nitrogen and oxygen atoms in total. The van der Waals surface area contributed by atoms with E-state index >= 15 is 0 Å². The molecule has 1 aromatic heterocycles. The van der Waals surface area contributed by atoms with Crippen LogP contribution in [-0.4, -0.2) is 59.4 Å². The van der Waals surface area contributed by atoms with Crippen LogP contribution in [0.3, 0.4) is 0 Å². The standard InChI is InChI=1S/C21H25ClFN3O3S2.C2H6.CH4O/c22-18-12-16(23)7-6-15(18)14-29-10-8-26(17-4-2-1-3-5-17)21(28)25-20-24-13-19(31-20)30-11-9-27;2*1-2/h6-7,9,12-13,17H,1-5,8,10-11,14H2,(H,24,25,28);1-2H3;2H,1H3. The number of aromatic nitrogens is 1. The third-order valence-electron chi connectivity index (χ3n) is 5.02. The molecule has 2 amide bonds. The van der Waals surface area contributed by atoms with Crippen molar-refractivity contribution in [2.24, 2.45) is 0 Å². The van der Waals surface area contributed by atoms with Crippen LogP contribution in [-0.2, 0) is 16.1 Å². The Bertz CT molecular complexity index is 882. The predicted molar refractivity (Wildman–Crippen MR) is 142 cm³/mol. The van der Waals surface area contributed by atoms with Crippen molar-refractivity contribution in [2.75, 3.05) is 31.3 Å². The molecule has 0 bridgehead atoms. The molecule has 0 saturated heterocycles. The first kappa shape index (κ1) is 31.3. The second-order valence-corrected chi connectivity index (χ2v) is 9.92. The van der Waals surface area contributed by atoms with Crippen molar-refractivity contribution in [1.82, 2.24) is 9.88 Å². The van der Waals surface area contributed by atoms with Crippen molar-refractivity contribution in [2.45, 2.75) is 62.8 Å². The third-order valence-corrected chi connectivity index (χ3v) is 7.37. The average Bonchev–Trinajstić information content (AvgIpc) is 3.33. The van der Waals surface area contributed by atoms with E-state index in [-0.39, 0.29) is 24.5 Å². The minimum absolute atomic E-state index is 0.163. The predicted octanol–water partition coefficient (Wildman–Crippen LogP) is 6.24. The van der Waals surface area contributed by atoms with Gasteiger partial charge in [0.05, 0.1) is 29.4 Å². The maximum atomic E-state index is 13.2. The van der Waals surface area contributed by atoms with Gasteiger partial charge in [0, 0.05) is 24.7 Å². The molecule has 3 rings (SSSR count). The van der Waals surface area contributed by atoms with Gasteiger partial charge in [-0.05, 0) is 30.5 Å². The highest BCUT2D eigenvalue weighted by Crippen LogP contribution is 2.29. The summed E-state index contributed by atoms with van der Waals surface area (Å²) in [6, 6.07) is 4.18. The fraction of sp³-hybridized carbons (Fsp3) is 0.542. The molecule has 0 spiro atoms. The number of urea groups is 1. The molecule has 11 heteroatoms. The topological polar surface area (TPSA) is 91.8 Å². The second kappa shape index (κ2) is 18.5. The minimum atomic E-state index is -0.385. The van der Waals surface area contributed by atoms with Gasteiger partial charge in [-0.1, -0.05) is 62.1 Å². The van der Waals surface area contributed by atoms with E-state index in [2.05, 4.69) is 10.3 Å². The highest BCUT2D eigenvalue weighted by Gasteiger charge is 2.26. The van der Waals surface area contributed by atoms with Gasteiger partial charge in [0.25, 0.3) is 0 Å². The van der Waals surface area contributed by atoms with Gasteiger partial charge in [0.15, 0.2) is 5.13 Å². The van der Waals surface area contributed by atoms with Crippen molar-refractivity contribution < 1.29 is 23.8 Å². The molecule has 0 atom stereocenters. The summed E-state index contributed by atoms with van der Waals surface area (Å²) in [6.07, 6.45) is 7.83. The minimum Gasteiger partial charge on any atom is -0.400 e. The van der Waals surface area contributed by atoms with Crippen LogP contribution >= 0.6 is 34.7 Å². The van der Waals surface area contributed by atoms with Crippen LogP contribution < -0.4 is 5.32 Å². The normalized spacial score (nSPS) is 13.1. The van der Waals surface area contributed by atoms with Crippen molar-refractivity contribution in [3.05, 3.63) is 40.8 Å². The van der Waals surface area contributed by atoms with Gasteiger partial charge >= 0.3 is 6.03 Å². The molecule has 35 heavy (non-hydrogen) atoms. The summed E-state index contributed by atoms with van der Waals surface area (Å²) in [5, 5.41) is 10.7. The highest BCUT2D eigenvalue weighted by atomic mass is 35.5. The number of thioether (sulfide) groups is 1. The fourth-order valence-corrected chi connectivity index (χ4v) is 5.29. The molecule has 1 aliphatic rings. The summed E-state index contributed by atoms with van der Waals surface area (Å²) >= 11 is 8.79. The maximum Gasteiger partial charge on any atom is 0.323 e. The number of aliphatic hydroxyl groups is 1. The van der Waals surface area contributed by atoms with Crippen molar-refractivity contribution in [1.29, 1.82) is 0 Å². The number of amides is 2. The molecule has 1 fully saturated rings. The average molecular weight is 548 g/mol. The molecular formula is C24H35ClFN3O4S2. The number of thiazole rings is 1. The molecule has 1 aliphatic carbocycles. The van der Waals surface area contributed by atoms with E-state index in [4.69, 9.17) is 21.4 Å². The molecule has 1 saturated carbocycles. The number of halogens is 2. The van der Waals surface area contributed by atoms with Gasteiger partial charge in [0.1, 0.15) is 12.1 Å². The van der Waals surface area contributed by atoms with Crippen LogP contribution in [0.5, 0.6) is 0 Å². The number of rotatable bonds is 10. The SMILES string of the molecule is CC.CO.O=CCSc1cnc(NC(=O)N(CCOCc2ccc(F)cc2Cl)C2CCCCC2)s1. The molecule has 2 aromatic rings. The number of carbonyl (C=O) groups excluding carboxylic acids is 2. The molecule has 1 aromatic carbocycles. The van der Waals surface area contributed by atoms with Crippen molar-refractivity contribution in [3.8, 4) is 0 Å². The molecule has 0 unspecified atom stereocenters. The van der Waals surface area contributed by atoms with Gasteiger partial charge in [-0.2, -0.15) is 0 Å². The van der Waals surface area contributed by atoms with Crippen molar-refractivity contribution >= 4 is 52.1 Å². The number of aldehydes is 1. The number of anilines is 1. The number of hydrogen-bond donors (Lipinski definition) is 2. The van der Waals surface area contributed by atoms with E-state index < -0.39 is 0 Å². The van der Waals surface area contributed by atoms with Gasteiger partial charge < -0.3 is 19.5 Å². The largest absolute Gasteiger partial charge is 0.400 e. The Labute approximate surface area is 220 Å². The van der Waals surface area contributed by atoms with Crippen LogP contribution in [0, 0.1) is 5.82 Å². The lowest BCUT2D eigenvalue weighted by Gasteiger charge is -2.34. The zero-order valence-electron chi connectivity index (χ0n) is 20.5. The van der Waals surface area contributed by atoms with Gasteiger partial charge in [0.2, 0.25) is 0 Å². The molecule has 1 heterocycles. The number of nitrogens with zero attached hydrogens (tertiary/aromatic N) is 2. The van der Waals surface area contributed by atoms with Gasteiger partial charge in [-0.25, -0.2) is 14.2 Å². The molecule has 0 radical (unpaired) electrons. The molecule has 196 valence electrons. The van der Waals surface area contributed by atoms with Crippen LogP contribution in [0.4, 0.5) is 14.3 Å². The lowest BCUT2D eigenvalue weighted by molar-refractivity contribution is -0.105. The number of carbonyl (C=O) groups is 2. The quantitative estimate of drug-likeness (QED) is 0.208. The number of ether oxygens (including phenoxy) is 1. The first-order valence-electron chi connectivity index (χ1n) is 11.6. The smallest absolute Gasteiger partial charge is 0.323 e. The second-order valence-electron chi connectivity index (χ2n) is 7.17. The van der Waals surface area contributed by atoms with Crippen LogP contribution in [0.2, 0.25) is 5.02 Å². The van der Waals surface area contributed by atoms with Gasteiger partial charge in [-0.3, -0.25) is 5.32 Å². The Morgan fingerprint density at radius 1 is 1.34 bits per heavy atom. The third kappa shape index (κ3) is 11.3. The van der Waals surface area contributed by atoms with E-state index in [1.165, 1.54) is 41.7 Å². The van der Waals surface area contributed by atoms with E-state index in [0.717, 1.165) is 43.3 Å². The van der Waals surface area contributed by atoms with Crippen LogP contribution in [0.1, 0.15) is 51.5 Å². The highest BCUT2D eigenvalue weighted by molar-refractivity contribution is 8.01. The zero-order valence-corrected chi connectivity index (χ0v) is 22.9. The Morgan fingerprint density at radius 3 is 2.71 bits per heavy atom. The molecular weight excluding hydrogens is 513 g/mol. The first-order chi connectivity index (χ1) is 17.1. The Balaban J connectivity index is 0.00000145. The summed E-state index contributed by atoms with van der Waals surface area (Å²) in [6.45, 7) is 5.03. The Kier molecular flexibility index (Phi) is 16.6. The lowest BCUT2D eigenvalue weighted by atomic mass is 9.94. The Morgan fingerprint density at radius 2 is 2.06 bits per heavy atom. The summed E-state index contributed by atoms with van der Waals surface area (Å²) < 4.78 is 19.8. The monoisotopic (exact) mass is 547 g/mol. The first-order valence-corrected chi connectivity index (χ1v) is 13.8. The van der Waals surface area contributed by atoms with Crippen molar-refractivity contribution in [3.63, 3.8) is 0 Å². The zero-order chi connectivity index (χ0) is 26.1. The number of hydrogen-bond acceptors (Lipinski definition) is 7. The summed E-state index contributed by atoms with van der Waals surface area (Å²) in [7, 11) is 1.00. The Hall–Kier alpha value is -1.72. The summed E-state index contributed by atoms with van der Waals surface area (Å²) in [5.74, 6) is -0.0251. The van der Waals surface area contributed by atoms with Crippen LogP contribution in [0.15, 0.2) is 28.6 Å². The summed E-state index contributed by atoms with van der Waals surface area (Å²) in [4.78, 5) is 29.6. The van der Waals surface area contributed by atoms with E-state index in [1.54, 1.807) is 12.3 Å². The fourth-order valence-electron chi connectivity index (χ4n) is 3.49. The number of benzene rings is 1.